The summed E-state index contributed by atoms with van der Waals surface area (Å²) in [7, 11) is 0. The number of rotatable bonds is 5. The molecule has 0 radical (unpaired) electrons. The minimum Gasteiger partial charge on any atom is -0.481 e. The first kappa shape index (κ1) is 16.0. The Hall–Kier alpha value is -2.88. The molecule has 0 fully saturated rings. The zero-order chi connectivity index (χ0) is 17.1. The molecule has 2 aromatic carbocycles. The van der Waals surface area contributed by atoms with E-state index in [0.29, 0.717) is 23.0 Å². The van der Waals surface area contributed by atoms with E-state index in [1.807, 2.05) is 42.5 Å². The maximum atomic E-state index is 11.2. The van der Waals surface area contributed by atoms with Gasteiger partial charge in [-0.05, 0) is 35.3 Å². The first-order valence-corrected chi connectivity index (χ1v) is 7.91. The molecule has 3 aromatic rings. The number of benzene rings is 2. The molecular weight excluding hydrogens is 302 g/mol. The van der Waals surface area contributed by atoms with E-state index < -0.39 is 5.97 Å². The van der Waals surface area contributed by atoms with E-state index in [4.69, 9.17) is 4.42 Å². The molecule has 0 aliphatic carbocycles. The molecule has 0 amide bonds. The number of para-hydroxylation sites is 2. The van der Waals surface area contributed by atoms with Crippen molar-refractivity contribution < 1.29 is 14.3 Å². The van der Waals surface area contributed by atoms with E-state index in [0.717, 1.165) is 11.1 Å². The van der Waals surface area contributed by atoms with Gasteiger partial charge < -0.3 is 9.52 Å². The van der Waals surface area contributed by atoms with Gasteiger partial charge in [0, 0.05) is 5.57 Å². The van der Waals surface area contributed by atoms with Crippen molar-refractivity contribution in [1.82, 2.24) is 4.98 Å². The number of aromatic nitrogens is 1. The molecule has 0 saturated heterocycles. The minimum atomic E-state index is -0.915. The summed E-state index contributed by atoms with van der Waals surface area (Å²) < 4.78 is 5.72. The van der Waals surface area contributed by atoms with Crippen molar-refractivity contribution in [2.75, 3.05) is 0 Å². The van der Waals surface area contributed by atoms with Crippen molar-refractivity contribution in [2.24, 2.45) is 0 Å². The molecule has 4 nitrogen and oxygen atoms in total. The van der Waals surface area contributed by atoms with Gasteiger partial charge in [0.25, 0.3) is 0 Å². The molecule has 24 heavy (non-hydrogen) atoms. The van der Waals surface area contributed by atoms with E-state index in [1.165, 1.54) is 5.56 Å². The van der Waals surface area contributed by atoms with Crippen LogP contribution < -0.4 is 0 Å². The summed E-state index contributed by atoms with van der Waals surface area (Å²) in [4.78, 5) is 15.6. The van der Waals surface area contributed by atoms with E-state index in [2.05, 4.69) is 31.0 Å². The van der Waals surface area contributed by atoms with E-state index in [-0.39, 0.29) is 6.42 Å². The molecule has 0 saturated carbocycles. The molecule has 1 N–H and O–H groups in total. The zero-order valence-corrected chi connectivity index (χ0v) is 13.7. The zero-order valence-electron chi connectivity index (χ0n) is 13.7. The number of carboxylic acid groups (broad SMARTS) is 1. The quantitative estimate of drug-likeness (QED) is 0.721. The average Bonchev–Trinajstić information content (AvgIpc) is 2.98. The molecule has 0 unspecified atom stereocenters. The van der Waals surface area contributed by atoms with Gasteiger partial charge in [0.1, 0.15) is 5.52 Å². The van der Waals surface area contributed by atoms with Gasteiger partial charge in [-0.2, -0.15) is 0 Å². The predicted octanol–water partition coefficient (Wildman–Crippen LogP) is 4.97. The van der Waals surface area contributed by atoms with Crippen molar-refractivity contribution in [3.05, 3.63) is 65.5 Å². The second-order valence-corrected chi connectivity index (χ2v) is 6.05. The largest absolute Gasteiger partial charge is 0.481 e. The van der Waals surface area contributed by atoms with E-state index >= 15 is 0 Å². The Labute approximate surface area is 140 Å². The van der Waals surface area contributed by atoms with Crippen LogP contribution in [0.5, 0.6) is 0 Å². The van der Waals surface area contributed by atoms with Crippen molar-refractivity contribution in [3.63, 3.8) is 0 Å². The fraction of sp³-hybridized carbons (Fsp3) is 0.200. The molecule has 0 bridgehead atoms. The summed E-state index contributed by atoms with van der Waals surface area (Å²) in [6, 6.07) is 15.5. The average molecular weight is 321 g/mol. The Morgan fingerprint density at radius 1 is 1.17 bits per heavy atom. The van der Waals surface area contributed by atoms with Crippen molar-refractivity contribution >= 4 is 28.7 Å². The Kier molecular flexibility index (Phi) is 4.47. The Morgan fingerprint density at radius 3 is 2.50 bits per heavy atom. The SMILES string of the molecule is CC(C)c1ccc(/C=C(/CC(=O)O)c2nc3ccccc3o2)cc1. The highest BCUT2D eigenvalue weighted by molar-refractivity contribution is 5.90. The van der Waals surface area contributed by atoms with E-state index in [1.54, 1.807) is 0 Å². The van der Waals surface area contributed by atoms with Gasteiger partial charge in [0.15, 0.2) is 5.58 Å². The molecule has 0 aliphatic rings. The van der Waals surface area contributed by atoms with Gasteiger partial charge in [-0.1, -0.05) is 50.2 Å². The number of carboxylic acids is 1. The fourth-order valence-corrected chi connectivity index (χ4v) is 2.54. The topological polar surface area (TPSA) is 63.3 Å². The first-order valence-electron chi connectivity index (χ1n) is 7.91. The van der Waals surface area contributed by atoms with Crippen molar-refractivity contribution in [1.29, 1.82) is 0 Å². The number of oxazole rings is 1. The van der Waals surface area contributed by atoms with Crippen LogP contribution >= 0.6 is 0 Å². The summed E-state index contributed by atoms with van der Waals surface area (Å²) in [6.07, 6.45) is 1.68. The summed E-state index contributed by atoms with van der Waals surface area (Å²) in [5, 5.41) is 9.20. The van der Waals surface area contributed by atoms with Crippen LogP contribution in [0.15, 0.2) is 52.9 Å². The molecule has 0 spiro atoms. The lowest BCUT2D eigenvalue weighted by atomic mass is 10.0. The third-order valence-electron chi connectivity index (χ3n) is 3.85. The highest BCUT2D eigenvalue weighted by Crippen LogP contribution is 2.26. The normalized spacial score (nSPS) is 12.0. The molecule has 0 atom stereocenters. The Balaban J connectivity index is 2.00. The summed E-state index contributed by atoms with van der Waals surface area (Å²) in [5.74, 6) is -0.104. The highest BCUT2D eigenvalue weighted by Gasteiger charge is 2.14. The number of carbonyl (C=O) groups is 1. The van der Waals surface area contributed by atoms with Crippen LogP contribution in [0.2, 0.25) is 0 Å². The third kappa shape index (κ3) is 3.54. The molecule has 122 valence electrons. The monoisotopic (exact) mass is 321 g/mol. The maximum Gasteiger partial charge on any atom is 0.308 e. The summed E-state index contributed by atoms with van der Waals surface area (Å²) >= 11 is 0. The lowest BCUT2D eigenvalue weighted by Gasteiger charge is -2.06. The smallest absolute Gasteiger partial charge is 0.308 e. The standard InChI is InChI=1S/C20H19NO3/c1-13(2)15-9-7-14(8-10-15)11-16(12-19(22)23)20-21-17-5-3-4-6-18(17)24-20/h3-11,13H,12H2,1-2H3,(H,22,23)/b16-11-. The molecule has 1 heterocycles. The molecule has 4 heteroatoms. The number of fused-ring (bicyclic) bond motifs is 1. The second kappa shape index (κ2) is 6.71. The van der Waals surface area contributed by atoms with Gasteiger partial charge in [-0.3, -0.25) is 4.79 Å². The van der Waals surface area contributed by atoms with Crippen LogP contribution in [0.25, 0.3) is 22.7 Å². The van der Waals surface area contributed by atoms with Crippen LogP contribution in [0, 0.1) is 0 Å². The Bertz CT molecular complexity index is 856. The van der Waals surface area contributed by atoms with Gasteiger partial charge in [-0.15, -0.1) is 0 Å². The third-order valence-corrected chi connectivity index (χ3v) is 3.85. The predicted molar refractivity (Wildman–Crippen MR) is 94.7 cm³/mol. The van der Waals surface area contributed by atoms with Crippen LogP contribution in [0.3, 0.4) is 0 Å². The molecule has 0 aliphatic heterocycles. The maximum absolute atomic E-state index is 11.2. The van der Waals surface area contributed by atoms with Crippen LogP contribution in [-0.4, -0.2) is 16.1 Å². The van der Waals surface area contributed by atoms with Crippen molar-refractivity contribution in [2.45, 2.75) is 26.2 Å². The first-order chi connectivity index (χ1) is 11.5. The van der Waals surface area contributed by atoms with E-state index in [9.17, 15) is 9.90 Å². The van der Waals surface area contributed by atoms with Crippen LogP contribution in [0.1, 0.15) is 43.2 Å². The summed E-state index contributed by atoms with van der Waals surface area (Å²) in [6.45, 7) is 4.28. The van der Waals surface area contributed by atoms with Gasteiger partial charge in [0.2, 0.25) is 5.89 Å². The van der Waals surface area contributed by atoms with Gasteiger partial charge >= 0.3 is 5.97 Å². The lowest BCUT2D eigenvalue weighted by molar-refractivity contribution is -0.135. The number of hydrogen-bond acceptors (Lipinski definition) is 3. The Morgan fingerprint density at radius 2 is 1.88 bits per heavy atom. The molecular formula is C20H19NO3. The van der Waals surface area contributed by atoms with Gasteiger partial charge in [0.05, 0.1) is 6.42 Å². The highest BCUT2D eigenvalue weighted by atomic mass is 16.4. The van der Waals surface area contributed by atoms with Gasteiger partial charge in [-0.25, -0.2) is 4.98 Å². The van der Waals surface area contributed by atoms with Crippen LogP contribution in [0.4, 0.5) is 0 Å². The van der Waals surface area contributed by atoms with Crippen molar-refractivity contribution in [3.8, 4) is 0 Å². The molecule has 3 rings (SSSR count). The number of nitrogens with zero attached hydrogens (tertiary/aromatic N) is 1. The number of hydrogen-bond donors (Lipinski definition) is 1. The lowest BCUT2D eigenvalue weighted by Crippen LogP contribution is -1.97. The molecule has 1 aromatic heterocycles. The second-order valence-electron chi connectivity index (χ2n) is 6.05. The van der Waals surface area contributed by atoms with Crippen LogP contribution in [-0.2, 0) is 4.79 Å². The fourth-order valence-electron chi connectivity index (χ4n) is 2.54. The minimum absolute atomic E-state index is 0.140. The number of aliphatic carboxylic acids is 1. The summed E-state index contributed by atoms with van der Waals surface area (Å²) in [5.41, 5.74) is 4.10.